The molecule has 0 saturated heterocycles. The number of hydrogen-bond acceptors (Lipinski definition) is 4. The van der Waals surface area contributed by atoms with E-state index < -0.39 is 0 Å². The second-order valence-corrected chi connectivity index (χ2v) is 3.97. The lowest BCUT2D eigenvalue weighted by atomic mass is 10.1. The number of rotatable bonds is 3. The first-order chi connectivity index (χ1) is 8.58. The molecule has 1 aromatic carbocycles. The SMILES string of the molecule is CC(=O)c1cc(C)nc(C(=O)c2ccccc2)n1. The monoisotopic (exact) mass is 240 g/mol. The van der Waals surface area contributed by atoms with E-state index in [9.17, 15) is 9.59 Å². The molecule has 2 rings (SSSR count). The molecule has 2 aromatic rings. The van der Waals surface area contributed by atoms with E-state index >= 15 is 0 Å². The summed E-state index contributed by atoms with van der Waals surface area (Å²) in [6, 6.07) is 10.3. The highest BCUT2D eigenvalue weighted by atomic mass is 16.1. The molecule has 0 spiro atoms. The molecule has 18 heavy (non-hydrogen) atoms. The Bertz CT molecular complexity index is 606. The molecule has 0 bridgehead atoms. The van der Waals surface area contributed by atoms with E-state index in [4.69, 9.17) is 0 Å². The third-order valence-electron chi connectivity index (χ3n) is 2.45. The fourth-order valence-corrected chi connectivity index (χ4v) is 1.57. The molecule has 0 amide bonds. The zero-order valence-corrected chi connectivity index (χ0v) is 10.2. The Hall–Kier alpha value is -2.36. The van der Waals surface area contributed by atoms with Crippen LogP contribution in [0.2, 0.25) is 0 Å². The Morgan fingerprint density at radius 1 is 1.06 bits per heavy atom. The second kappa shape index (κ2) is 4.87. The van der Waals surface area contributed by atoms with Crippen molar-refractivity contribution in [3.8, 4) is 0 Å². The molecule has 0 unspecified atom stereocenters. The summed E-state index contributed by atoms with van der Waals surface area (Å²) in [5.74, 6) is -0.393. The summed E-state index contributed by atoms with van der Waals surface area (Å²) in [4.78, 5) is 31.5. The predicted octanol–water partition coefficient (Wildman–Crippen LogP) is 2.22. The maximum Gasteiger partial charge on any atom is 0.230 e. The van der Waals surface area contributed by atoms with E-state index in [2.05, 4.69) is 9.97 Å². The molecule has 0 aliphatic rings. The third kappa shape index (κ3) is 2.48. The van der Waals surface area contributed by atoms with Gasteiger partial charge in [-0.15, -0.1) is 0 Å². The minimum absolute atomic E-state index is 0.0615. The largest absolute Gasteiger partial charge is 0.293 e. The summed E-state index contributed by atoms with van der Waals surface area (Å²) in [6.07, 6.45) is 0. The molecular formula is C14H12N2O2. The first-order valence-electron chi connectivity index (χ1n) is 5.54. The van der Waals surface area contributed by atoms with E-state index in [0.717, 1.165) is 0 Å². The summed E-state index contributed by atoms with van der Waals surface area (Å²) in [5.41, 5.74) is 1.38. The van der Waals surface area contributed by atoms with Crippen LogP contribution in [0.5, 0.6) is 0 Å². The van der Waals surface area contributed by atoms with Gasteiger partial charge in [-0.2, -0.15) is 0 Å². The molecule has 0 atom stereocenters. The second-order valence-electron chi connectivity index (χ2n) is 3.97. The van der Waals surface area contributed by atoms with Gasteiger partial charge >= 0.3 is 0 Å². The van der Waals surface area contributed by atoms with E-state index in [1.54, 1.807) is 37.3 Å². The first kappa shape index (κ1) is 12.1. The van der Waals surface area contributed by atoms with E-state index in [-0.39, 0.29) is 23.1 Å². The number of hydrogen-bond donors (Lipinski definition) is 0. The smallest absolute Gasteiger partial charge is 0.230 e. The lowest BCUT2D eigenvalue weighted by Gasteiger charge is -2.03. The van der Waals surface area contributed by atoms with Crippen molar-refractivity contribution >= 4 is 11.6 Å². The number of nitrogens with zero attached hydrogens (tertiary/aromatic N) is 2. The molecule has 1 heterocycles. The van der Waals surface area contributed by atoms with Crippen LogP contribution in [0.25, 0.3) is 0 Å². The Labute approximate surface area is 105 Å². The molecule has 0 saturated carbocycles. The Kier molecular flexibility index (Phi) is 3.28. The van der Waals surface area contributed by atoms with E-state index in [1.807, 2.05) is 6.07 Å². The minimum Gasteiger partial charge on any atom is -0.293 e. The quantitative estimate of drug-likeness (QED) is 0.772. The summed E-state index contributed by atoms with van der Waals surface area (Å²) in [6.45, 7) is 3.15. The topological polar surface area (TPSA) is 59.9 Å². The fourth-order valence-electron chi connectivity index (χ4n) is 1.57. The number of benzene rings is 1. The summed E-state index contributed by atoms with van der Waals surface area (Å²) < 4.78 is 0. The lowest BCUT2D eigenvalue weighted by molar-refractivity contribution is 0.101. The maximum absolute atomic E-state index is 12.1. The number of carbonyl (C=O) groups is 2. The standard InChI is InChI=1S/C14H12N2O2/c1-9-8-12(10(2)17)16-14(15-9)13(18)11-6-4-3-5-7-11/h3-8H,1-2H3. The van der Waals surface area contributed by atoms with Crippen LogP contribution in [0, 0.1) is 6.92 Å². The van der Waals surface area contributed by atoms with Crippen molar-refractivity contribution in [2.75, 3.05) is 0 Å². The molecule has 4 heteroatoms. The zero-order valence-electron chi connectivity index (χ0n) is 10.2. The minimum atomic E-state index is -0.276. The van der Waals surface area contributed by atoms with Crippen LogP contribution in [0.3, 0.4) is 0 Å². The van der Waals surface area contributed by atoms with E-state index in [1.165, 1.54) is 6.92 Å². The molecule has 0 N–H and O–H groups in total. The van der Waals surface area contributed by atoms with Crippen LogP contribution >= 0.6 is 0 Å². The maximum atomic E-state index is 12.1. The van der Waals surface area contributed by atoms with Gasteiger partial charge in [-0.05, 0) is 13.0 Å². The van der Waals surface area contributed by atoms with Gasteiger partial charge in [0.25, 0.3) is 0 Å². The average molecular weight is 240 g/mol. The van der Waals surface area contributed by atoms with Gasteiger partial charge in [-0.3, -0.25) is 9.59 Å². The Morgan fingerprint density at radius 3 is 2.33 bits per heavy atom. The van der Waals surface area contributed by atoms with Crippen molar-refractivity contribution in [3.63, 3.8) is 0 Å². The van der Waals surface area contributed by atoms with Gasteiger partial charge in [0.1, 0.15) is 5.69 Å². The molecule has 1 aromatic heterocycles. The van der Waals surface area contributed by atoms with Crippen molar-refractivity contribution in [2.24, 2.45) is 0 Å². The fraction of sp³-hybridized carbons (Fsp3) is 0.143. The molecule has 90 valence electrons. The summed E-state index contributed by atoms with van der Waals surface area (Å²) >= 11 is 0. The van der Waals surface area contributed by atoms with Crippen molar-refractivity contribution in [3.05, 3.63) is 59.2 Å². The Morgan fingerprint density at radius 2 is 1.72 bits per heavy atom. The van der Waals surface area contributed by atoms with Crippen molar-refractivity contribution in [1.29, 1.82) is 0 Å². The number of ketones is 2. The summed E-state index contributed by atoms with van der Waals surface area (Å²) in [5, 5.41) is 0. The van der Waals surface area contributed by atoms with Gasteiger partial charge in [0.15, 0.2) is 5.78 Å². The highest BCUT2D eigenvalue weighted by Gasteiger charge is 2.14. The summed E-state index contributed by atoms with van der Waals surface area (Å²) in [7, 11) is 0. The molecule has 0 radical (unpaired) electrons. The number of Topliss-reactive ketones (excluding diaryl/α,β-unsaturated/α-hetero) is 1. The molecule has 0 aliphatic heterocycles. The lowest BCUT2D eigenvalue weighted by Crippen LogP contribution is -2.11. The van der Waals surface area contributed by atoms with E-state index in [0.29, 0.717) is 11.3 Å². The first-order valence-corrected chi connectivity index (χ1v) is 5.54. The molecule has 4 nitrogen and oxygen atoms in total. The molecular weight excluding hydrogens is 228 g/mol. The van der Waals surface area contributed by atoms with Crippen molar-refractivity contribution in [1.82, 2.24) is 9.97 Å². The number of aryl methyl sites for hydroxylation is 1. The average Bonchev–Trinajstić information content (AvgIpc) is 2.38. The van der Waals surface area contributed by atoms with Crippen LogP contribution in [0.1, 0.15) is 39.3 Å². The van der Waals surface area contributed by atoms with Crippen LogP contribution in [0.4, 0.5) is 0 Å². The molecule has 0 fully saturated rings. The van der Waals surface area contributed by atoms with Crippen LogP contribution in [-0.4, -0.2) is 21.5 Å². The van der Waals surface area contributed by atoms with Gasteiger partial charge < -0.3 is 0 Å². The third-order valence-corrected chi connectivity index (χ3v) is 2.45. The van der Waals surface area contributed by atoms with Crippen LogP contribution < -0.4 is 0 Å². The van der Waals surface area contributed by atoms with Crippen molar-refractivity contribution < 1.29 is 9.59 Å². The van der Waals surface area contributed by atoms with Crippen molar-refractivity contribution in [2.45, 2.75) is 13.8 Å². The van der Waals surface area contributed by atoms with Gasteiger partial charge in [-0.25, -0.2) is 9.97 Å². The predicted molar refractivity (Wildman–Crippen MR) is 66.6 cm³/mol. The highest BCUT2D eigenvalue weighted by Crippen LogP contribution is 2.08. The van der Waals surface area contributed by atoms with Crippen LogP contribution in [0.15, 0.2) is 36.4 Å². The highest BCUT2D eigenvalue weighted by molar-refractivity contribution is 6.07. The van der Waals surface area contributed by atoms with Gasteiger partial charge in [0, 0.05) is 18.2 Å². The zero-order chi connectivity index (χ0) is 13.1. The number of aromatic nitrogens is 2. The van der Waals surface area contributed by atoms with Gasteiger partial charge in [0.2, 0.25) is 11.6 Å². The normalized spacial score (nSPS) is 10.1. The number of carbonyl (C=O) groups excluding carboxylic acids is 2. The van der Waals surface area contributed by atoms with Gasteiger partial charge in [0.05, 0.1) is 0 Å². The molecule has 0 aliphatic carbocycles. The van der Waals surface area contributed by atoms with Gasteiger partial charge in [-0.1, -0.05) is 30.3 Å². The Balaban J connectivity index is 2.46. The van der Waals surface area contributed by atoms with Crippen LogP contribution in [-0.2, 0) is 0 Å².